The summed E-state index contributed by atoms with van der Waals surface area (Å²) in [6.07, 6.45) is 0.385. The Labute approximate surface area is 71.4 Å². The average Bonchev–Trinajstić information content (AvgIpc) is 2.06. The van der Waals surface area contributed by atoms with Gasteiger partial charge in [-0.2, -0.15) is 0 Å². The van der Waals surface area contributed by atoms with E-state index in [0.717, 1.165) is 5.56 Å². The van der Waals surface area contributed by atoms with Crippen molar-refractivity contribution in [1.29, 1.82) is 0 Å². The molecule has 0 aliphatic carbocycles. The van der Waals surface area contributed by atoms with E-state index in [9.17, 15) is 4.79 Å². The summed E-state index contributed by atoms with van der Waals surface area (Å²) in [5.74, 6) is 2.77. The van der Waals surface area contributed by atoms with Crippen LogP contribution in [0.15, 0.2) is 24.1 Å². The van der Waals surface area contributed by atoms with Crippen molar-refractivity contribution >= 4 is 12.9 Å². The van der Waals surface area contributed by atoms with Gasteiger partial charge < -0.3 is 0 Å². The van der Waals surface area contributed by atoms with E-state index in [1.165, 1.54) is 0 Å². The van der Waals surface area contributed by atoms with Crippen molar-refractivity contribution in [3.63, 3.8) is 0 Å². The summed E-state index contributed by atoms with van der Waals surface area (Å²) in [5, 5.41) is 8.52. The van der Waals surface area contributed by atoms with Gasteiger partial charge >= 0.3 is 70.6 Å². The number of hydrogen-bond donors (Lipinski definition) is 2. The molecule has 12 heavy (non-hydrogen) atoms. The van der Waals surface area contributed by atoms with Crippen molar-refractivity contribution in [3.05, 3.63) is 29.6 Å². The summed E-state index contributed by atoms with van der Waals surface area (Å²) in [5.41, 5.74) is 6.30. The van der Waals surface area contributed by atoms with Crippen molar-refractivity contribution in [2.75, 3.05) is 0 Å². The van der Waals surface area contributed by atoms with Crippen LogP contribution in [0.2, 0.25) is 0 Å². The fourth-order valence-corrected chi connectivity index (χ4v) is 0.955. The standard InChI is InChI=1S/C8H10BNO2/c10-7(8(11)12)5-6-1-3-9-4-2-6/h1-4,7H,5,10H2,(H,11,12)/t7-/m0/s1. The first-order chi connectivity index (χ1) is 5.70. The molecule has 3 N–H and O–H groups in total. The fourth-order valence-electron chi connectivity index (χ4n) is 0.955. The molecule has 3 nitrogen and oxygen atoms in total. The molecular formula is C8H10BNO2. The normalized spacial score (nSPS) is 12.1. The first kappa shape index (κ1) is 8.94. The molecule has 0 aromatic carbocycles. The molecule has 0 amide bonds. The first-order valence-electron chi connectivity index (χ1n) is 3.72. The first-order valence-corrected chi connectivity index (χ1v) is 3.72. The molecule has 0 spiro atoms. The summed E-state index contributed by atoms with van der Waals surface area (Å²) in [4.78, 5) is 10.4. The quantitative estimate of drug-likeness (QED) is 0.657. The SMILES string of the molecule is N[C@@H](Cc1ccbcc1)C(=O)O. The number of hydrogen-bond acceptors (Lipinski definition) is 2. The zero-order valence-corrected chi connectivity index (χ0v) is 6.60. The van der Waals surface area contributed by atoms with Crippen LogP contribution in [0.1, 0.15) is 5.56 Å². The molecular weight excluding hydrogens is 153 g/mol. The molecule has 1 heterocycles. The summed E-state index contributed by atoms with van der Waals surface area (Å²) in [6.45, 7) is 1.88. The minimum absolute atomic E-state index is 0.385. The molecule has 0 fully saturated rings. The van der Waals surface area contributed by atoms with Crippen molar-refractivity contribution in [1.82, 2.24) is 0 Å². The second kappa shape index (κ2) is 4.02. The van der Waals surface area contributed by atoms with Crippen LogP contribution in [0, 0.1) is 0 Å². The monoisotopic (exact) mass is 163 g/mol. The Hall–Kier alpha value is -1.16. The van der Waals surface area contributed by atoms with Crippen LogP contribution in [0.4, 0.5) is 0 Å². The topological polar surface area (TPSA) is 63.3 Å². The molecule has 1 aromatic rings. The minimum atomic E-state index is -0.959. The van der Waals surface area contributed by atoms with Gasteiger partial charge in [0.05, 0.1) is 0 Å². The molecule has 62 valence electrons. The second-order valence-corrected chi connectivity index (χ2v) is 2.63. The van der Waals surface area contributed by atoms with E-state index in [1.807, 2.05) is 31.0 Å². The molecule has 0 aliphatic rings. The van der Waals surface area contributed by atoms with Gasteiger partial charge in [0.1, 0.15) is 0 Å². The summed E-state index contributed by atoms with van der Waals surface area (Å²) in [7, 11) is 0. The molecule has 1 rings (SSSR count). The number of aliphatic carboxylic acids is 1. The Kier molecular flexibility index (Phi) is 2.99. The molecule has 0 aliphatic heterocycles. The Morgan fingerprint density at radius 3 is 2.67 bits per heavy atom. The van der Waals surface area contributed by atoms with E-state index in [4.69, 9.17) is 10.8 Å². The van der Waals surface area contributed by atoms with Crippen LogP contribution < -0.4 is 5.73 Å². The van der Waals surface area contributed by atoms with E-state index in [0.29, 0.717) is 6.42 Å². The van der Waals surface area contributed by atoms with Gasteiger partial charge in [0.25, 0.3) is 0 Å². The second-order valence-electron chi connectivity index (χ2n) is 2.63. The third-order valence-electron chi connectivity index (χ3n) is 1.62. The zero-order chi connectivity index (χ0) is 8.97. The van der Waals surface area contributed by atoms with Gasteiger partial charge in [0.2, 0.25) is 0 Å². The van der Waals surface area contributed by atoms with Crippen molar-refractivity contribution < 1.29 is 9.90 Å². The third-order valence-corrected chi connectivity index (χ3v) is 1.62. The maximum atomic E-state index is 10.4. The van der Waals surface area contributed by atoms with Gasteiger partial charge in [-0.3, -0.25) is 0 Å². The van der Waals surface area contributed by atoms with Crippen LogP contribution in [-0.4, -0.2) is 24.0 Å². The van der Waals surface area contributed by atoms with Gasteiger partial charge in [-0.05, 0) is 0 Å². The van der Waals surface area contributed by atoms with Crippen LogP contribution in [0.5, 0.6) is 0 Å². The Morgan fingerprint density at radius 2 is 2.17 bits per heavy atom. The number of carboxylic acids is 1. The molecule has 0 bridgehead atoms. The summed E-state index contributed by atoms with van der Waals surface area (Å²) in [6, 6.07) is 2.93. The van der Waals surface area contributed by atoms with Gasteiger partial charge in [-0.25, -0.2) is 0 Å². The van der Waals surface area contributed by atoms with E-state index in [1.54, 1.807) is 0 Å². The molecule has 0 saturated carbocycles. The molecule has 0 saturated heterocycles. The average molecular weight is 163 g/mol. The predicted octanol–water partition coefficient (Wildman–Crippen LogP) is -0.0209. The molecule has 1 atom stereocenters. The molecule has 0 unspecified atom stereocenters. The predicted molar refractivity (Wildman–Crippen MR) is 47.1 cm³/mol. The number of rotatable bonds is 3. The summed E-state index contributed by atoms with van der Waals surface area (Å²) < 4.78 is 0. The van der Waals surface area contributed by atoms with E-state index >= 15 is 0 Å². The maximum absolute atomic E-state index is 10.4. The molecule has 1 aromatic heterocycles. The van der Waals surface area contributed by atoms with Crippen LogP contribution in [-0.2, 0) is 11.2 Å². The molecule has 4 heteroatoms. The van der Waals surface area contributed by atoms with E-state index in [-0.39, 0.29) is 0 Å². The van der Waals surface area contributed by atoms with Crippen LogP contribution >= 0.6 is 0 Å². The zero-order valence-electron chi connectivity index (χ0n) is 6.60. The van der Waals surface area contributed by atoms with E-state index in [2.05, 4.69) is 0 Å². The number of nitrogens with two attached hydrogens (primary N) is 1. The third kappa shape index (κ3) is 2.47. The van der Waals surface area contributed by atoms with Gasteiger partial charge in [0.15, 0.2) is 0 Å². The number of carboxylic acid groups (broad SMARTS) is 1. The van der Waals surface area contributed by atoms with Gasteiger partial charge in [-0.1, -0.05) is 0 Å². The number of carbonyl (C=O) groups is 1. The van der Waals surface area contributed by atoms with Crippen LogP contribution in [0.3, 0.4) is 0 Å². The van der Waals surface area contributed by atoms with E-state index < -0.39 is 12.0 Å². The Balaban J connectivity index is 2.58. The van der Waals surface area contributed by atoms with Crippen molar-refractivity contribution in [2.45, 2.75) is 12.5 Å². The molecule has 0 radical (unpaired) electrons. The Morgan fingerprint density at radius 1 is 1.58 bits per heavy atom. The Bertz CT molecular complexity index is 263. The van der Waals surface area contributed by atoms with Gasteiger partial charge in [-0.15, -0.1) is 0 Å². The summed E-state index contributed by atoms with van der Waals surface area (Å²) >= 11 is 0. The van der Waals surface area contributed by atoms with Crippen LogP contribution in [0.25, 0.3) is 0 Å². The van der Waals surface area contributed by atoms with Crippen molar-refractivity contribution in [2.24, 2.45) is 5.73 Å². The van der Waals surface area contributed by atoms with Gasteiger partial charge in [0, 0.05) is 0 Å². The van der Waals surface area contributed by atoms with Crippen molar-refractivity contribution in [3.8, 4) is 0 Å². The fraction of sp³-hybridized carbons (Fsp3) is 0.250.